The van der Waals surface area contributed by atoms with Gasteiger partial charge in [-0.2, -0.15) is 0 Å². The Balaban J connectivity index is 1.66. The van der Waals surface area contributed by atoms with Crippen LogP contribution in [0.2, 0.25) is 0 Å². The molecule has 34 heavy (non-hydrogen) atoms. The van der Waals surface area contributed by atoms with E-state index in [0.29, 0.717) is 12.0 Å². The molecule has 3 N–H and O–H groups in total. The van der Waals surface area contributed by atoms with Crippen molar-refractivity contribution >= 4 is 21.8 Å². The highest BCUT2D eigenvalue weighted by molar-refractivity contribution is 7.89. The first-order chi connectivity index (χ1) is 16.2. The van der Waals surface area contributed by atoms with Crippen LogP contribution in [0.4, 0.5) is 4.39 Å². The minimum absolute atomic E-state index is 0.0194. The van der Waals surface area contributed by atoms with Gasteiger partial charge in [-0.05, 0) is 61.6 Å². The molecule has 184 valence electrons. The van der Waals surface area contributed by atoms with Crippen LogP contribution < -0.4 is 10.0 Å². The van der Waals surface area contributed by atoms with Crippen LogP contribution in [-0.2, 0) is 32.6 Å². The molecule has 1 aliphatic carbocycles. The minimum Gasteiger partial charge on any atom is -0.395 e. The molecule has 1 fully saturated rings. The molecular formula is C24H30FN3O5S. The molecular weight excluding hydrogens is 461 g/mol. The van der Waals surface area contributed by atoms with E-state index >= 15 is 0 Å². The number of nitrogens with zero attached hydrogens (tertiary/aromatic N) is 1. The number of aryl methyl sites for hydroxylation is 1. The van der Waals surface area contributed by atoms with E-state index < -0.39 is 27.8 Å². The number of halogens is 1. The van der Waals surface area contributed by atoms with Gasteiger partial charge in [0.05, 0.1) is 11.5 Å². The zero-order valence-corrected chi connectivity index (χ0v) is 19.9. The van der Waals surface area contributed by atoms with E-state index in [4.69, 9.17) is 5.11 Å². The van der Waals surface area contributed by atoms with Crippen LogP contribution in [0.1, 0.15) is 37.3 Å². The van der Waals surface area contributed by atoms with Gasteiger partial charge in [0.1, 0.15) is 11.9 Å². The van der Waals surface area contributed by atoms with Crippen molar-refractivity contribution < 1.29 is 27.5 Å². The third-order valence-electron chi connectivity index (χ3n) is 5.60. The summed E-state index contributed by atoms with van der Waals surface area (Å²) in [6, 6.07) is 11.3. The lowest BCUT2D eigenvalue weighted by Gasteiger charge is -2.29. The molecule has 0 aliphatic heterocycles. The van der Waals surface area contributed by atoms with Crippen LogP contribution in [0.5, 0.6) is 0 Å². The maximum atomic E-state index is 13.3. The average molecular weight is 492 g/mol. The Bertz CT molecular complexity index is 1090. The maximum absolute atomic E-state index is 13.3. The predicted molar refractivity (Wildman–Crippen MR) is 125 cm³/mol. The molecule has 8 nitrogen and oxygen atoms in total. The Morgan fingerprint density at radius 3 is 2.29 bits per heavy atom. The van der Waals surface area contributed by atoms with E-state index in [1.807, 2.05) is 0 Å². The fourth-order valence-electron chi connectivity index (χ4n) is 3.41. The number of aliphatic hydroxyl groups is 1. The van der Waals surface area contributed by atoms with Crippen molar-refractivity contribution in [2.24, 2.45) is 0 Å². The monoisotopic (exact) mass is 491 g/mol. The van der Waals surface area contributed by atoms with Gasteiger partial charge in [0.15, 0.2) is 0 Å². The number of carbonyl (C=O) groups is 2. The maximum Gasteiger partial charge on any atom is 0.242 e. The Morgan fingerprint density at radius 2 is 1.71 bits per heavy atom. The van der Waals surface area contributed by atoms with Crippen molar-refractivity contribution in [3.8, 4) is 0 Å². The van der Waals surface area contributed by atoms with Gasteiger partial charge in [0.25, 0.3) is 0 Å². The number of hydrogen-bond acceptors (Lipinski definition) is 5. The lowest BCUT2D eigenvalue weighted by Crippen LogP contribution is -2.48. The first kappa shape index (κ1) is 25.8. The number of benzene rings is 2. The number of carbonyl (C=O) groups excluding carboxylic acids is 2. The van der Waals surface area contributed by atoms with Gasteiger partial charge in [0.2, 0.25) is 21.8 Å². The molecule has 2 amide bonds. The Kier molecular flexibility index (Phi) is 8.76. The fourth-order valence-corrected chi connectivity index (χ4v) is 4.72. The van der Waals surface area contributed by atoms with Gasteiger partial charge in [-0.25, -0.2) is 17.5 Å². The summed E-state index contributed by atoms with van der Waals surface area (Å²) in [5, 5.41) is 11.5. The molecule has 0 bridgehead atoms. The highest BCUT2D eigenvalue weighted by Gasteiger charge is 2.28. The highest BCUT2D eigenvalue weighted by Crippen LogP contribution is 2.22. The van der Waals surface area contributed by atoms with E-state index in [2.05, 4.69) is 10.0 Å². The van der Waals surface area contributed by atoms with Crippen molar-refractivity contribution in [1.29, 1.82) is 0 Å². The van der Waals surface area contributed by atoms with Crippen LogP contribution in [0, 0.1) is 5.82 Å². The number of amides is 2. The fraction of sp³-hybridized carbons (Fsp3) is 0.417. The molecule has 1 aliphatic rings. The summed E-state index contributed by atoms with van der Waals surface area (Å²) in [7, 11) is -3.54. The second-order valence-electron chi connectivity index (χ2n) is 8.38. The Morgan fingerprint density at radius 1 is 1.09 bits per heavy atom. The van der Waals surface area contributed by atoms with Crippen LogP contribution in [-0.4, -0.2) is 55.5 Å². The smallest absolute Gasteiger partial charge is 0.242 e. The summed E-state index contributed by atoms with van der Waals surface area (Å²) in [5.41, 5.74) is 1.46. The number of aliphatic hydroxyl groups excluding tert-OH is 1. The largest absolute Gasteiger partial charge is 0.395 e. The van der Waals surface area contributed by atoms with Gasteiger partial charge in [-0.15, -0.1) is 0 Å². The van der Waals surface area contributed by atoms with E-state index in [0.717, 1.165) is 18.4 Å². The van der Waals surface area contributed by atoms with E-state index in [9.17, 15) is 22.4 Å². The third kappa shape index (κ3) is 7.34. The second kappa shape index (κ2) is 11.5. The molecule has 0 saturated heterocycles. The molecule has 2 aromatic carbocycles. The number of rotatable bonds is 12. The van der Waals surface area contributed by atoms with Gasteiger partial charge in [-0.3, -0.25) is 9.59 Å². The normalized spacial score (nSPS) is 14.4. The zero-order chi connectivity index (χ0) is 24.7. The predicted octanol–water partition coefficient (Wildman–Crippen LogP) is 1.72. The topological polar surface area (TPSA) is 116 Å². The van der Waals surface area contributed by atoms with Crippen LogP contribution in [0.3, 0.4) is 0 Å². The van der Waals surface area contributed by atoms with Gasteiger partial charge in [0, 0.05) is 25.6 Å². The Labute approximate surface area is 199 Å². The van der Waals surface area contributed by atoms with E-state index in [-0.39, 0.29) is 43.0 Å². The van der Waals surface area contributed by atoms with Crippen molar-refractivity contribution in [2.45, 2.75) is 56.1 Å². The number of nitrogens with one attached hydrogen (secondary N) is 2. The minimum atomic E-state index is -3.54. The van der Waals surface area contributed by atoms with Crippen molar-refractivity contribution in [1.82, 2.24) is 14.9 Å². The second-order valence-corrected chi connectivity index (χ2v) is 10.1. The molecule has 1 atom stereocenters. The van der Waals surface area contributed by atoms with Gasteiger partial charge >= 0.3 is 0 Å². The standard InChI is InChI=1S/C24H30FN3O5S/c1-17(24(31)26-14-15-29)28(16-19-2-7-20(25)8-3-19)23(30)13-6-18-4-11-22(12-5-18)34(32,33)27-21-9-10-21/h2-5,7-8,11-12,17,21,27,29H,6,9-10,13-16H2,1H3,(H,26,31). The summed E-state index contributed by atoms with van der Waals surface area (Å²) in [6.07, 6.45) is 2.17. The van der Waals surface area contributed by atoms with Crippen LogP contribution >= 0.6 is 0 Å². The lowest BCUT2D eigenvalue weighted by atomic mass is 10.1. The van der Waals surface area contributed by atoms with E-state index in [1.54, 1.807) is 31.2 Å². The average Bonchev–Trinajstić information content (AvgIpc) is 3.63. The summed E-state index contributed by atoms with van der Waals surface area (Å²) < 4.78 is 40.5. The first-order valence-corrected chi connectivity index (χ1v) is 12.7. The summed E-state index contributed by atoms with van der Waals surface area (Å²) in [5.74, 6) is -1.07. The van der Waals surface area contributed by atoms with Crippen molar-refractivity contribution in [2.75, 3.05) is 13.2 Å². The molecule has 1 saturated carbocycles. The molecule has 0 radical (unpaired) electrons. The summed E-state index contributed by atoms with van der Waals surface area (Å²) in [6.45, 7) is 1.58. The molecule has 0 aromatic heterocycles. The van der Waals surface area contributed by atoms with Crippen molar-refractivity contribution in [3.05, 3.63) is 65.5 Å². The molecule has 2 aromatic rings. The third-order valence-corrected chi connectivity index (χ3v) is 7.14. The SMILES string of the molecule is CC(C(=O)NCCO)N(Cc1ccc(F)cc1)C(=O)CCc1ccc(S(=O)(=O)NC2CC2)cc1. The van der Waals surface area contributed by atoms with Crippen LogP contribution in [0.15, 0.2) is 53.4 Å². The molecule has 10 heteroatoms. The van der Waals surface area contributed by atoms with Crippen molar-refractivity contribution in [3.63, 3.8) is 0 Å². The zero-order valence-electron chi connectivity index (χ0n) is 19.0. The van der Waals surface area contributed by atoms with E-state index in [1.165, 1.54) is 29.2 Å². The molecule has 3 rings (SSSR count). The lowest BCUT2D eigenvalue weighted by molar-refractivity contribution is -0.140. The number of hydrogen-bond donors (Lipinski definition) is 3. The molecule has 0 spiro atoms. The first-order valence-electron chi connectivity index (χ1n) is 11.2. The molecule has 0 heterocycles. The van der Waals surface area contributed by atoms with Crippen LogP contribution in [0.25, 0.3) is 0 Å². The molecule has 1 unspecified atom stereocenters. The summed E-state index contributed by atoms with van der Waals surface area (Å²) in [4.78, 5) is 27.1. The summed E-state index contributed by atoms with van der Waals surface area (Å²) >= 11 is 0. The van der Waals surface area contributed by atoms with Gasteiger partial charge < -0.3 is 15.3 Å². The quantitative estimate of drug-likeness (QED) is 0.418. The highest BCUT2D eigenvalue weighted by atomic mass is 32.2. The number of sulfonamides is 1. The van der Waals surface area contributed by atoms with Gasteiger partial charge in [-0.1, -0.05) is 24.3 Å². The Hall–Kier alpha value is -2.82.